The van der Waals surface area contributed by atoms with Crippen molar-refractivity contribution in [2.45, 2.75) is 91.4 Å². The zero-order chi connectivity index (χ0) is 11.4. The van der Waals surface area contributed by atoms with Crippen LogP contribution in [-0.2, 0) is 0 Å². The molecule has 0 radical (unpaired) electrons. The SMILES string of the molecule is CCCCCCC[C@@H](C)CCCCCC. The van der Waals surface area contributed by atoms with Crippen LogP contribution in [0.3, 0.4) is 0 Å². The van der Waals surface area contributed by atoms with Gasteiger partial charge in [0, 0.05) is 0 Å². The third kappa shape index (κ3) is 11.9. The minimum atomic E-state index is 0.975. The summed E-state index contributed by atoms with van der Waals surface area (Å²) in [5.41, 5.74) is 0. The molecule has 0 heteroatoms. The monoisotopic (exact) mass is 212 g/mol. The second-order valence-corrected chi connectivity index (χ2v) is 5.16. The van der Waals surface area contributed by atoms with Crippen molar-refractivity contribution in [3.8, 4) is 0 Å². The lowest BCUT2D eigenvalue weighted by Gasteiger charge is -2.10. The molecule has 0 saturated carbocycles. The van der Waals surface area contributed by atoms with E-state index in [1.807, 2.05) is 0 Å². The highest BCUT2D eigenvalue weighted by Crippen LogP contribution is 2.17. The van der Waals surface area contributed by atoms with Gasteiger partial charge in [0.25, 0.3) is 0 Å². The van der Waals surface area contributed by atoms with Crippen LogP contribution in [-0.4, -0.2) is 0 Å². The quantitative estimate of drug-likeness (QED) is 0.371. The molecule has 0 heterocycles. The normalized spacial score (nSPS) is 13.0. The van der Waals surface area contributed by atoms with E-state index in [-0.39, 0.29) is 0 Å². The van der Waals surface area contributed by atoms with Crippen LogP contribution in [0.4, 0.5) is 0 Å². The Hall–Kier alpha value is 0. The smallest absolute Gasteiger partial charge is 0.0443 e. The first kappa shape index (κ1) is 15.0. The summed E-state index contributed by atoms with van der Waals surface area (Å²) in [4.78, 5) is 0. The van der Waals surface area contributed by atoms with Gasteiger partial charge in [-0.05, 0) is 5.92 Å². The van der Waals surface area contributed by atoms with Crippen molar-refractivity contribution in [3.63, 3.8) is 0 Å². The van der Waals surface area contributed by atoms with Crippen LogP contribution >= 0.6 is 0 Å². The van der Waals surface area contributed by atoms with Crippen LogP contribution in [0.25, 0.3) is 0 Å². The van der Waals surface area contributed by atoms with Crippen molar-refractivity contribution in [1.82, 2.24) is 0 Å². The molecule has 0 aliphatic rings. The zero-order valence-electron chi connectivity index (χ0n) is 11.4. The Morgan fingerprint density at radius 3 is 1.47 bits per heavy atom. The van der Waals surface area contributed by atoms with Crippen LogP contribution in [0, 0.1) is 5.92 Å². The van der Waals surface area contributed by atoms with Crippen LogP contribution in [0.1, 0.15) is 91.4 Å². The molecular formula is C15H32. The zero-order valence-corrected chi connectivity index (χ0v) is 11.4. The first-order valence-electron chi connectivity index (χ1n) is 7.31. The van der Waals surface area contributed by atoms with E-state index in [9.17, 15) is 0 Å². The van der Waals surface area contributed by atoms with E-state index in [4.69, 9.17) is 0 Å². The van der Waals surface area contributed by atoms with Gasteiger partial charge in [0.05, 0.1) is 0 Å². The van der Waals surface area contributed by atoms with Gasteiger partial charge >= 0.3 is 0 Å². The summed E-state index contributed by atoms with van der Waals surface area (Å²) < 4.78 is 0. The standard InChI is InChI=1S/C15H32/c1-4-6-8-10-12-14-15(3)13-11-9-7-5-2/h15H,4-14H2,1-3H3/t15-/m0/s1. The summed E-state index contributed by atoms with van der Waals surface area (Å²) in [7, 11) is 0. The fraction of sp³-hybridized carbons (Fsp3) is 1.00. The Kier molecular flexibility index (Phi) is 12.1. The first-order chi connectivity index (χ1) is 7.31. The Bertz CT molecular complexity index is 107. The molecule has 0 bridgehead atoms. The van der Waals surface area contributed by atoms with E-state index < -0.39 is 0 Å². The lowest BCUT2D eigenvalue weighted by Crippen LogP contribution is -1.95. The predicted molar refractivity (Wildman–Crippen MR) is 71.3 cm³/mol. The highest BCUT2D eigenvalue weighted by molar-refractivity contribution is 4.55. The molecule has 0 aromatic carbocycles. The maximum absolute atomic E-state index is 2.44. The first-order valence-corrected chi connectivity index (χ1v) is 7.31. The fourth-order valence-electron chi connectivity index (χ4n) is 2.16. The molecule has 0 N–H and O–H groups in total. The third-order valence-electron chi connectivity index (χ3n) is 3.35. The number of unbranched alkanes of at least 4 members (excludes halogenated alkanes) is 7. The van der Waals surface area contributed by atoms with Gasteiger partial charge in [-0.15, -0.1) is 0 Å². The molecule has 0 aromatic rings. The predicted octanol–water partition coefficient (Wildman–Crippen LogP) is 5.95. The molecule has 92 valence electrons. The summed E-state index contributed by atoms with van der Waals surface area (Å²) >= 11 is 0. The van der Waals surface area contributed by atoms with Crippen molar-refractivity contribution in [2.75, 3.05) is 0 Å². The number of rotatable bonds is 11. The second-order valence-electron chi connectivity index (χ2n) is 5.16. The molecular weight excluding hydrogens is 180 g/mol. The Morgan fingerprint density at radius 2 is 1.00 bits per heavy atom. The minimum Gasteiger partial charge on any atom is -0.0654 e. The van der Waals surface area contributed by atoms with Gasteiger partial charge in [0.1, 0.15) is 0 Å². The van der Waals surface area contributed by atoms with Crippen molar-refractivity contribution >= 4 is 0 Å². The van der Waals surface area contributed by atoms with Crippen LogP contribution in [0.5, 0.6) is 0 Å². The molecule has 0 aliphatic heterocycles. The summed E-state index contributed by atoms with van der Waals surface area (Å²) in [6, 6.07) is 0. The minimum absolute atomic E-state index is 0.975. The average Bonchev–Trinajstić information content (AvgIpc) is 2.24. The summed E-state index contributed by atoms with van der Waals surface area (Å²) in [5, 5.41) is 0. The van der Waals surface area contributed by atoms with Gasteiger partial charge < -0.3 is 0 Å². The van der Waals surface area contributed by atoms with Gasteiger partial charge in [-0.1, -0.05) is 91.4 Å². The number of hydrogen-bond donors (Lipinski definition) is 0. The Labute approximate surface area is 97.8 Å². The molecule has 0 amide bonds. The number of hydrogen-bond acceptors (Lipinski definition) is 0. The third-order valence-corrected chi connectivity index (χ3v) is 3.35. The van der Waals surface area contributed by atoms with Gasteiger partial charge in [0.2, 0.25) is 0 Å². The topological polar surface area (TPSA) is 0 Å². The Balaban J connectivity index is 3.08. The molecule has 0 saturated heterocycles. The van der Waals surface area contributed by atoms with E-state index in [2.05, 4.69) is 20.8 Å². The molecule has 0 aliphatic carbocycles. The average molecular weight is 212 g/mol. The Morgan fingerprint density at radius 1 is 0.600 bits per heavy atom. The largest absolute Gasteiger partial charge is 0.0654 e. The van der Waals surface area contributed by atoms with E-state index in [0.717, 1.165) is 5.92 Å². The molecule has 1 atom stereocenters. The summed E-state index contributed by atoms with van der Waals surface area (Å²) in [5.74, 6) is 0.975. The summed E-state index contributed by atoms with van der Waals surface area (Å²) in [6.45, 7) is 7.01. The highest BCUT2D eigenvalue weighted by atomic mass is 14.1. The van der Waals surface area contributed by atoms with E-state index >= 15 is 0 Å². The van der Waals surface area contributed by atoms with E-state index in [0.29, 0.717) is 0 Å². The molecule has 15 heavy (non-hydrogen) atoms. The van der Waals surface area contributed by atoms with Gasteiger partial charge in [0.15, 0.2) is 0 Å². The molecule has 0 unspecified atom stereocenters. The van der Waals surface area contributed by atoms with Crippen molar-refractivity contribution in [2.24, 2.45) is 5.92 Å². The van der Waals surface area contributed by atoms with E-state index in [1.54, 1.807) is 0 Å². The van der Waals surface area contributed by atoms with Crippen LogP contribution in [0.2, 0.25) is 0 Å². The maximum Gasteiger partial charge on any atom is -0.0443 e. The molecule has 0 nitrogen and oxygen atoms in total. The van der Waals surface area contributed by atoms with Crippen molar-refractivity contribution < 1.29 is 0 Å². The molecule has 0 fully saturated rings. The van der Waals surface area contributed by atoms with Gasteiger partial charge in [-0.25, -0.2) is 0 Å². The van der Waals surface area contributed by atoms with E-state index in [1.165, 1.54) is 70.6 Å². The summed E-state index contributed by atoms with van der Waals surface area (Å²) in [6.07, 6.45) is 15.8. The second kappa shape index (κ2) is 12.1. The highest BCUT2D eigenvalue weighted by Gasteiger charge is 2.01. The fourth-order valence-corrected chi connectivity index (χ4v) is 2.16. The lowest BCUT2D eigenvalue weighted by atomic mass is 9.96. The lowest BCUT2D eigenvalue weighted by molar-refractivity contribution is 0.435. The molecule has 0 rings (SSSR count). The maximum atomic E-state index is 2.44. The molecule has 0 spiro atoms. The van der Waals surface area contributed by atoms with Crippen LogP contribution < -0.4 is 0 Å². The van der Waals surface area contributed by atoms with Crippen molar-refractivity contribution in [1.29, 1.82) is 0 Å². The van der Waals surface area contributed by atoms with Gasteiger partial charge in [-0.2, -0.15) is 0 Å². The van der Waals surface area contributed by atoms with Crippen molar-refractivity contribution in [3.05, 3.63) is 0 Å². The molecule has 0 aromatic heterocycles. The van der Waals surface area contributed by atoms with Gasteiger partial charge in [-0.3, -0.25) is 0 Å². The van der Waals surface area contributed by atoms with Crippen LogP contribution in [0.15, 0.2) is 0 Å².